The maximum Gasteiger partial charge on any atom is 0.0911 e. The summed E-state index contributed by atoms with van der Waals surface area (Å²) >= 11 is 0. The molecule has 1 heterocycles. The number of nitrogens with zero attached hydrogens (tertiary/aromatic N) is 4. The van der Waals surface area contributed by atoms with Gasteiger partial charge in [-0.05, 0) is 43.9 Å². The molecule has 2 aromatic rings. The highest BCUT2D eigenvalue weighted by atomic mass is 15.4. The van der Waals surface area contributed by atoms with Gasteiger partial charge in [0.15, 0.2) is 0 Å². The molecule has 0 radical (unpaired) electrons. The SMILES string of the molecule is CC/C(C)=N/c1ccc(-c2c(C)nnn2C)cc1C(C)C. The number of hydrogen-bond donors (Lipinski definition) is 0. The summed E-state index contributed by atoms with van der Waals surface area (Å²) in [6.07, 6.45) is 0.976. The summed E-state index contributed by atoms with van der Waals surface area (Å²) in [5.74, 6) is 0.426. The lowest BCUT2D eigenvalue weighted by Gasteiger charge is -2.13. The van der Waals surface area contributed by atoms with Crippen molar-refractivity contribution in [1.82, 2.24) is 15.0 Å². The van der Waals surface area contributed by atoms with Crippen molar-refractivity contribution in [2.45, 2.75) is 47.0 Å². The Balaban J connectivity index is 2.56. The fourth-order valence-corrected chi connectivity index (χ4v) is 2.41. The molecule has 0 atom stereocenters. The summed E-state index contributed by atoms with van der Waals surface area (Å²) in [4.78, 5) is 4.74. The van der Waals surface area contributed by atoms with Crippen LogP contribution in [0.3, 0.4) is 0 Å². The van der Waals surface area contributed by atoms with Gasteiger partial charge in [-0.3, -0.25) is 4.99 Å². The molecule has 4 nitrogen and oxygen atoms in total. The number of aromatic nitrogens is 3. The monoisotopic (exact) mass is 284 g/mol. The van der Waals surface area contributed by atoms with E-state index in [4.69, 9.17) is 4.99 Å². The van der Waals surface area contributed by atoms with Gasteiger partial charge in [-0.15, -0.1) is 5.10 Å². The molecule has 0 aliphatic carbocycles. The molecule has 112 valence electrons. The van der Waals surface area contributed by atoms with Crippen LogP contribution < -0.4 is 0 Å². The molecular formula is C17H24N4. The third-order valence-electron chi connectivity index (χ3n) is 3.74. The van der Waals surface area contributed by atoms with Crippen LogP contribution in [-0.4, -0.2) is 20.7 Å². The average molecular weight is 284 g/mol. The van der Waals surface area contributed by atoms with Crippen molar-refractivity contribution < 1.29 is 0 Å². The minimum atomic E-state index is 0.426. The summed E-state index contributed by atoms with van der Waals surface area (Å²) in [5.41, 5.74) is 6.66. The van der Waals surface area contributed by atoms with Crippen LogP contribution in [0, 0.1) is 6.92 Å². The van der Waals surface area contributed by atoms with Crippen LogP contribution in [0.25, 0.3) is 11.3 Å². The largest absolute Gasteiger partial charge is 0.258 e. The fraction of sp³-hybridized carbons (Fsp3) is 0.471. The normalized spacial score (nSPS) is 12.2. The summed E-state index contributed by atoms with van der Waals surface area (Å²) < 4.78 is 1.83. The van der Waals surface area contributed by atoms with Crippen LogP contribution in [0.2, 0.25) is 0 Å². The summed E-state index contributed by atoms with van der Waals surface area (Å²) in [7, 11) is 1.93. The van der Waals surface area contributed by atoms with Crippen LogP contribution in [0.4, 0.5) is 5.69 Å². The van der Waals surface area contributed by atoms with Crippen molar-refractivity contribution in [3.63, 3.8) is 0 Å². The van der Waals surface area contributed by atoms with Crippen LogP contribution in [0.5, 0.6) is 0 Å². The highest BCUT2D eigenvalue weighted by molar-refractivity contribution is 5.85. The van der Waals surface area contributed by atoms with Crippen LogP contribution in [-0.2, 0) is 7.05 Å². The molecule has 4 heteroatoms. The molecule has 0 spiro atoms. The van der Waals surface area contributed by atoms with Crippen molar-refractivity contribution in [3.8, 4) is 11.3 Å². The van der Waals surface area contributed by atoms with E-state index in [1.54, 1.807) is 0 Å². The highest BCUT2D eigenvalue weighted by Gasteiger charge is 2.13. The van der Waals surface area contributed by atoms with E-state index in [1.165, 1.54) is 5.56 Å². The van der Waals surface area contributed by atoms with E-state index in [0.717, 1.165) is 34.8 Å². The van der Waals surface area contributed by atoms with E-state index >= 15 is 0 Å². The van der Waals surface area contributed by atoms with Gasteiger partial charge in [0.25, 0.3) is 0 Å². The second-order valence-electron chi connectivity index (χ2n) is 5.78. The molecule has 0 aliphatic rings. The Kier molecular flexibility index (Phi) is 4.56. The lowest BCUT2D eigenvalue weighted by molar-refractivity contribution is 0.719. The van der Waals surface area contributed by atoms with Crippen molar-refractivity contribution in [2.24, 2.45) is 12.0 Å². The van der Waals surface area contributed by atoms with E-state index in [1.807, 2.05) is 18.7 Å². The van der Waals surface area contributed by atoms with Gasteiger partial charge in [0, 0.05) is 18.3 Å². The molecule has 1 aromatic heterocycles. The molecule has 1 aromatic carbocycles. The first-order chi connectivity index (χ1) is 9.93. The topological polar surface area (TPSA) is 43.1 Å². The Morgan fingerprint density at radius 3 is 2.57 bits per heavy atom. The zero-order valence-corrected chi connectivity index (χ0v) is 13.8. The first-order valence-electron chi connectivity index (χ1n) is 7.48. The predicted molar refractivity (Wildman–Crippen MR) is 88.3 cm³/mol. The van der Waals surface area contributed by atoms with Gasteiger partial charge in [0.2, 0.25) is 0 Å². The molecule has 0 unspecified atom stereocenters. The van der Waals surface area contributed by atoms with Gasteiger partial charge in [-0.2, -0.15) is 0 Å². The fourth-order valence-electron chi connectivity index (χ4n) is 2.41. The number of benzene rings is 1. The molecule has 0 fully saturated rings. The summed E-state index contributed by atoms with van der Waals surface area (Å²) in [6.45, 7) is 10.6. The third-order valence-corrected chi connectivity index (χ3v) is 3.74. The van der Waals surface area contributed by atoms with Crippen molar-refractivity contribution >= 4 is 11.4 Å². The first-order valence-corrected chi connectivity index (χ1v) is 7.48. The lowest BCUT2D eigenvalue weighted by atomic mass is 9.97. The quantitative estimate of drug-likeness (QED) is 0.780. The van der Waals surface area contributed by atoms with E-state index < -0.39 is 0 Å². The second kappa shape index (κ2) is 6.20. The molecule has 0 bridgehead atoms. The Bertz CT molecular complexity index is 646. The molecular weight excluding hydrogens is 260 g/mol. The first kappa shape index (κ1) is 15.4. The average Bonchev–Trinajstić information content (AvgIpc) is 2.78. The molecule has 0 amide bonds. The maximum atomic E-state index is 4.74. The van der Waals surface area contributed by atoms with Gasteiger partial charge in [-0.1, -0.05) is 32.1 Å². The molecule has 0 N–H and O–H groups in total. The zero-order valence-electron chi connectivity index (χ0n) is 13.8. The van der Waals surface area contributed by atoms with Crippen molar-refractivity contribution in [3.05, 3.63) is 29.5 Å². The standard InChI is InChI=1S/C17H24N4/c1-7-12(4)18-16-9-8-14(10-15(16)11(2)3)17-13(5)19-20-21(17)6/h8-11H,7H2,1-6H3/b18-12+. The summed E-state index contributed by atoms with van der Waals surface area (Å²) in [6, 6.07) is 6.44. The Labute approximate surface area is 126 Å². The zero-order chi connectivity index (χ0) is 15.6. The van der Waals surface area contributed by atoms with Gasteiger partial charge >= 0.3 is 0 Å². The van der Waals surface area contributed by atoms with E-state index in [9.17, 15) is 0 Å². The Hall–Kier alpha value is -1.97. The van der Waals surface area contributed by atoms with Gasteiger partial charge in [0.05, 0.1) is 17.1 Å². The van der Waals surface area contributed by atoms with Gasteiger partial charge in [-0.25, -0.2) is 4.68 Å². The molecule has 21 heavy (non-hydrogen) atoms. The maximum absolute atomic E-state index is 4.74. The van der Waals surface area contributed by atoms with Gasteiger partial charge in [0.1, 0.15) is 0 Å². The van der Waals surface area contributed by atoms with Crippen LogP contribution in [0.15, 0.2) is 23.2 Å². The molecule has 0 saturated heterocycles. The van der Waals surface area contributed by atoms with Crippen molar-refractivity contribution in [2.75, 3.05) is 0 Å². The van der Waals surface area contributed by atoms with E-state index in [-0.39, 0.29) is 0 Å². The summed E-state index contributed by atoms with van der Waals surface area (Å²) in [5, 5.41) is 8.23. The minimum absolute atomic E-state index is 0.426. The van der Waals surface area contributed by atoms with Crippen LogP contribution in [0.1, 0.15) is 51.3 Å². The second-order valence-corrected chi connectivity index (χ2v) is 5.78. The Morgan fingerprint density at radius 1 is 1.33 bits per heavy atom. The molecule has 0 aliphatic heterocycles. The Morgan fingerprint density at radius 2 is 2.05 bits per heavy atom. The molecule has 2 rings (SSSR count). The predicted octanol–water partition coefficient (Wildman–Crippen LogP) is 4.42. The number of hydrogen-bond acceptors (Lipinski definition) is 3. The van der Waals surface area contributed by atoms with E-state index in [2.05, 4.69) is 56.2 Å². The smallest absolute Gasteiger partial charge is 0.0911 e. The van der Waals surface area contributed by atoms with Gasteiger partial charge < -0.3 is 0 Å². The minimum Gasteiger partial charge on any atom is -0.258 e. The number of rotatable bonds is 4. The highest BCUT2D eigenvalue weighted by Crippen LogP contribution is 2.32. The van der Waals surface area contributed by atoms with Crippen LogP contribution >= 0.6 is 0 Å². The number of aliphatic imine (C=N–C) groups is 1. The van der Waals surface area contributed by atoms with Crippen molar-refractivity contribution in [1.29, 1.82) is 0 Å². The third kappa shape index (κ3) is 3.20. The van der Waals surface area contributed by atoms with E-state index in [0.29, 0.717) is 5.92 Å². The molecule has 0 saturated carbocycles. The number of aryl methyl sites for hydroxylation is 2. The lowest BCUT2D eigenvalue weighted by Crippen LogP contribution is -1.97.